The van der Waals surface area contributed by atoms with Crippen LogP contribution < -0.4 is 5.73 Å². The van der Waals surface area contributed by atoms with Gasteiger partial charge in [0, 0.05) is 36.6 Å². The van der Waals surface area contributed by atoms with E-state index >= 15 is 0 Å². The van der Waals surface area contributed by atoms with Crippen LogP contribution in [0.25, 0.3) is 0 Å². The van der Waals surface area contributed by atoms with Crippen LogP contribution in [0.1, 0.15) is 23.2 Å². The average Bonchev–Trinajstić information content (AvgIpc) is 2.29. The zero-order chi connectivity index (χ0) is 12.4. The van der Waals surface area contributed by atoms with Crippen LogP contribution in [0.2, 0.25) is 5.02 Å². The quantitative estimate of drug-likeness (QED) is 0.774. The number of nitrogens with zero attached hydrogens (tertiary/aromatic N) is 1. The maximum atomic E-state index is 12.1. The van der Waals surface area contributed by atoms with Crippen molar-refractivity contribution < 1.29 is 9.59 Å². The lowest BCUT2D eigenvalue weighted by Gasteiger charge is -2.26. The smallest absolute Gasteiger partial charge is 0.255 e. The van der Waals surface area contributed by atoms with Crippen molar-refractivity contribution in [3.8, 4) is 0 Å². The number of likely N-dealkylation sites (tertiary alicyclic amines) is 1. The molecule has 1 aromatic carbocycles. The maximum Gasteiger partial charge on any atom is 0.255 e. The van der Waals surface area contributed by atoms with Crippen molar-refractivity contribution >= 4 is 29.0 Å². The molecule has 0 unspecified atom stereocenters. The highest BCUT2D eigenvalue weighted by Crippen LogP contribution is 2.20. The number of Topliss-reactive ketones (excluding diaryl/α,β-unsaturated/α-hetero) is 1. The third-order valence-electron chi connectivity index (χ3n) is 2.85. The fourth-order valence-electron chi connectivity index (χ4n) is 1.86. The second kappa shape index (κ2) is 4.75. The number of benzene rings is 1. The third kappa shape index (κ3) is 2.58. The highest BCUT2D eigenvalue weighted by atomic mass is 35.5. The van der Waals surface area contributed by atoms with Crippen LogP contribution in [0.15, 0.2) is 18.2 Å². The summed E-state index contributed by atoms with van der Waals surface area (Å²) in [5.41, 5.74) is 6.58. The van der Waals surface area contributed by atoms with E-state index in [1.54, 1.807) is 23.1 Å². The zero-order valence-electron chi connectivity index (χ0n) is 9.28. The van der Waals surface area contributed by atoms with Gasteiger partial charge < -0.3 is 10.6 Å². The molecule has 0 atom stereocenters. The second-order valence-electron chi connectivity index (χ2n) is 4.06. The molecule has 0 spiro atoms. The summed E-state index contributed by atoms with van der Waals surface area (Å²) in [4.78, 5) is 24.9. The molecular formula is C12H13ClN2O2. The Kier molecular flexibility index (Phi) is 3.33. The van der Waals surface area contributed by atoms with Crippen LogP contribution in [-0.2, 0) is 4.79 Å². The lowest BCUT2D eigenvalue weighted by atomic mass is 10.1. The van der Waals surface area contributed by atoms with Crippen molar-refractivity contribution in [1.82, 2.24) is 4.90 Å². The Hall–Kier alpha value is -1.55. The van der Waals surface area contributed by atoms with E-state index < -0.39 is 0 Å². The van der Waals surface area contributed by atoms with E-state index in [1.807, 2.05) is 0 Å². The van der Waals surface area contributed by atoms with E-state index in [0.717, 1.165) is 0 Å². The van der Waals surface area contributed by atoms with Gasteiger partial charge in [0.05, 0.1) is 5.56 Å². The average molecular weight is 253 g/mol. The van der Waals surface area contributed by atoms with Crippen molar-refractivity contribution in [2.45, 2.75) is 12.8 Å². The molecule has 1 amide bonds. The number of nitrogen functional groups attached to an aromatic ring is 1. The summed E-state index contributed by atoms with van der Waals surface area (Å²) in [5, 5.41) is 0.507. The van der Waals surface area contributed by atoms with Crippen LogP contribution in [0.4, 0.5) is 5.69 Å². The molecule has 2 rings (SSSR count). The van der Waals surface area contributed by atoms with Gasteiger partial charge in [0.15, 0.2) is 0 Å². The third-order valence-corrected chi connectivity index (χ3v) is 3.09. The zero-order valence-corrected chi connectivity index (χ0v) is 10.0. The summed E-state index contributed by atoms with van der Waals surface area (Å²) in [7, 11) is 0. The summed E-state index contributed by atoms with van der Waals surface area (Å²) in [5.74, 6) is 0.0739. The number of piperidine rings is 1. The lowest BCUT2D eigenvalue weighted by molar-refractivity contribution is -0.120. The first-order chi connectivity index (χ1) is 8.08. The van der Waals surface area contributed by atoms with Gasteiger partial charge in [0.1, 0.15) is 5.78 Å². The maximum absolute atomic E-state index is 12.1. The number of anilines is 1. The minimum atomic E-state index is -0.133. The predicted octanol–water partition coefficient (Wildman–Crippen LogP) is 1.73. The van der Waals surface area contributed by atoms with Crippen LogP contribution >= 0.6 is 11.6 Å². The molecule has 1 aromatic rings. The van der Waals surface area contributed by atoms with Gasteiger partial charge in [-0.3, -0.25) is 9.59 Å². The number of hydrogen-bond donors (Lipinski definition) is 1. The summed E-state index contributed by atoms with van der Waals surface area (Å²) in [6.45, 7) is 0.944. The Morgan fingerprint density at radius 2 is 1.94 bits per heavy atom. The molecule has 2 N–H and O–H groups in total. The predicted molar refractivity (Wildman–Crippen MR) is 66.0 cm³/mol. The van der Waals surface area contributed by atoms with E-state index in [1.165, 1.54) is 0 Å². The molecule has 5 heteroatoms. The first kappa shape index (κ1) is 11.9. The molecule has 0 bridgehead atoms. The molecule has 0 saturated carbocycles. The highest BCUT2D eigenvalue weighted by Gasteiger charge is 2.23. The van der Waals surface area contributed by atoms with Crippen molar-refractivity contribution in [3.05, 3.63) is 28.8 Å². The van der Waals surface area contributed by atoms with Crippen LogP contribution in [0, 0.1) is 0 Å². The number of halogens is 1. The van der Waals surface area contributed by atoms with Crippen molar-refractivity contribution in [1.29, 1.82) is 0 Å². The SMILES string of the molecule is Nc1cc(Cl)ccc1C(=O)N1CCC(=O)CC1. The van der Waals surface area contributed by atoms with E-state index in [9.17, 15) is 9.59 Å². The van der Waals surface area contributed by atoms with Gasteiger partial charge in [-0.05, 0) is 18.2 Å². The van der Waals surface area contributed by atoms with Gasteiger partial charge in [-0.1, -0.05) is 11.6 Å². The van der Waals surface area contributed by atoms with Gasteiger partial charge in [-0.15, -0.1) is 0 Å². The number of rotatable bonds is 1. The summed E-state index contributed by atoms with van der Waals surface area (Å²) in [6.07, 6.45) is 0.860. The topological polar surface area (TPSA) is 63.4 Å². The van der Waals surface area contributed by atoms with Gasteiger partial charge >= 0.3 is 0 Å². The van der Waals surface area contributed by atoms with E-state index in [2.05, 4.69) is 0 Å². The molecule has 0 aliphatic carbocycles. The number of hydrogen-bond acceptors (Lipinski definition) is 3. The van der Waals surface area contributed by atoms with Crippen LogP contribution in [0.5, 0.6) is 0 Å². The van der Waals surface area contributed by atoms with Gasteiger partial charge in [0.25, 0.3) is 5.91 Å². The fraction of sp³-hybridized carbons (Fsp3) is 0.333. The van der Waals surface area contributed by atoms with E-state index in [4.69, 9.17) is 17.3 Å². The second-order valence-corrected chi connectivity index (χ2v) is 4.50. The van der Waals surface area contributed by atoms with Gasteiger partial charge in [0.2, 0.25) is 0 Å². The number of amides is 1. The monoisotopic (exact) mass is 252 g/mol. The minimum absolute atomic E-state index is 0.133. The van der Waals surface area contributed by atoms with E-state index in [-0.39, 0.29) is 11.7 Å². The summed E-state index contributed by atoms with van der Waals surface area (Å²) >= 11 is 5.78. The first-order valence-electron chi connectivity index (χ1n) is 5.44. The molecule has 1 aliphatic heterocycles. The van der Waals surface area contributed by atoms with Gasteiger partial charge in [-0.2, -0.15) is 0 Å². The first-order valence-corrected chi connectivity index (χ1v) is 5.82. The molecule has 0 radical (unpaired) electrons. The molecule has 17 heavy (non-hydrogen) atoms. The fourth-order valence-corrected chi connectivity index (χ4v) is 2.04. The molecule has 0 aromatic heterocycles. The Balaban J connectivity index is 2.16. The van der Waals surface area contributed by atoms with Crippen molar-refractivity contribution in [3.63, 3.8) is 0 Å². The number of carbonyl (C=O) groups excluding carboxylic acids is 2. The molecule has 4 nitrogen and oxygen atoms in total. The Morgan fingerprint density at radius 1 is 1.29 bits per heavy atom. The highest BCUT2D eigenvalue weighted by molar-refractivity contribution is 6.31. The Labute approximate surface area is 104 Å². The molecule has 90 valence electrons. The summed E-state index contributed by atoms with van der Waals surface area (Å²) < 4.78 is 0. The van der Waals surface area contributed by atoms with Gasteiger partial charge in [-0.25, -0.2) is 0 Å². The largest absolute Gasteiger partial charge is 0.398 e. The molecule has 1 fully saturated rings. The van der Waals surface area contributed by atoms with Crippen molar-refractivity contribution in [2.24, 2.45) is 0 Å². The normalized spacial score (nSPS) is 16.1. The van der Waals surface area contributed by atoms with Crippen LogP contribution in [-0.4, -0.2) is 29.7 Å². The minimum Gasteiger partial charge on any atom is -0.398 e. The number of carbonyl (C=O) groups is 2. The molecular weight excluding hydrogens is 240 g/mol. The standard InChI is InChI=1S/C12H13ClN2O2/c13-8-1-2-10(11(14)7-8)12(17)15-5-3-9(16)4-6-15/h1-2,7H,3-6,14H2. The van der Waals surface area contributed by atoms with Crippen LogP contribution in [0.3, 0.4) is 0 Å². The molecule has 1 saturated heterocycles. The number of ketones is 1. The number of nitrogens with two attached hydrogens (primary N) is 1. The Bertz CT molecular complexity index is 464. The summed E-state index contributed by atoms with van der Waals surface area (Å²) in [6, 6.07) is 4.82. The Morgan fingerprint density at radius 3 is 2.53 bits per heavy atom. The molecule has 1 heterocycles. The van der Waals surface area contributed by atoms with E-state index in [0.29, 0.717) is 42.2 Å². The molecule has 1 aliphatic rings. The van der Waals surface area contributed by atoms with Crippen molar-refractivity contribution in [2.75, 3.05) is 18.8 Å². The lowest BCUT2D eigenvalue weighted by Crippen LogP contribution is -2.38.